The van der Waals surface area contributed by atoms with Gasteiger partial charge >= 0.3 is 0 Å². The first-order valence-electron chi connectivity index (χ1n) is 3.65. The van der Waals surface area contributed by atoms with Crippen LogP contribution in [0.3, 0.4) is 0 Å². The Balaban J connectivity index is 2.36. The summed E-state index contributed by atoms with van der Waals surface area (Å²) in [7, 11) is -3.85. The summed E-state index contributed by atoms with van der Waals surface area (Å²) in [5, 5.41) is 0. The minimum atomic E-state index is -3.85. The fraction of sp³-hybridized carbons (Fsp3) is 1.00. The summed E-state index contributed by atoms with van der Waals surface area (Å²) in [4.78, 5) is 0. The highest BCUT2D eigenvalue weighted by atomic mass is 32.2. The van der Waals surface area contributed by atoms with Gasteiger partial charge in [-0.2, -0.15) is 8.42 Å². The van der Waals surface area contributed by atoms with Crippen molar-refractivity contribution >= 4 is 10.1 Å². The van der Waals surface area contributed by atoms with Crippen LogP contribution in [0.15, 0.2) is 0 Å². The summed E-state index contributed by atoms with van der Waals surface area (Å²) >= 11 is 0. The quantitative estimate of drug-likeness (QED) is 0.626. The lowest BCUT2D eigenvalue weighted by Crippen LogP contribution is -2.27. The van der Waals surface area contributed by atoms with E-state index >= 15 is 0 Å². The highest BCUT2D eigenvalue weighted by Crippen LogP contribution is 2.13. The van der Waals surface area contributed by atoms with Crippen molar-refractivity contribution in [2.75, 3.05) is 12.4 Å². The summed E-state index contributed by atoms with van der Waals surface area (Å²) in [6, 6.07) is 0. The van der Waals surface area contributed by atoms with Gasteiger partial charge in [0.1, 0.15) is 5.75 Å². The van der Waals surface area contributed by atoms with Crippen LogP contribution in [0, 0.1) is 0 Å². The third kappa shape index (κ3) is 3.69. The largest absolute Gasteiger partial charge is 0.377 e. The first-order chi connectivity index (χ1) is 5.08. The summed E-state index contributed by atoms with van der Waals surface area (Å²) in [5.74, 6) is -0.257. The number of rotatable bonds is 2. The molecular weight excluding hydrogens is 168 g/mol. The average Bonchev–Trinajstić information content (AvgIpc) is 1.85. The van der Waals surface area contributed by atoms with E-state index in [4.69, 9.17) is 9.29 Å². The van der Waals surface area contributed by atoms with E-state index < -0.39 is 10.1 Å². The molecule has 1 aliphatic heterocycles. The van der Waals surface area contributed by atoms with Crippen molar-refractivity contribution in [2.45, 2.75) is 25.4 Å². The molecule has 0 saturated carbocycles. The van der Waals surface area contributed by atoms with E-state index in [0.29, 0.717) is 6.61 Å². The van der Waals surface area contributed by atoms with Crippen LogP contribution in [0.25, 0.3) is 0 Å². The zero-order chi connectivity index (χ0) is 8.32. The van der Waals surface area contributed by atoms with Gasteiger partial charge in [-0.25, -0.2) is 0 Å². The molecule has 0 bridgehead atoms. The molecule has 0 aromatic carbocycles. The Morgan fingerprint density at radius 2 is 2.18 bits per heavy atom. The zero-order valence-electron chi connectivity index (χ0n) is 6.19. The molecule has 0 amide bonds. The molecule has 0 aromatic rings. The van der Waals surface area contributed by atoms with Crippen molar-refractivity contribution in [3.8, 4) is 0 Å². The second-order valence-corrected chi connectivity index (χ2v) is 4.23. The van der Waals surface area contributed by atoms with Crippen LogP contribution in [0.1, 0.15) is 19.3 Å². The average molecular weight is 180 g/mol. The van der Waals surface area contributed by atoms with Gasteiger partial charge in [0.25, 0.3) is 10.1 Å². The molecule has 0 spiro atoms. The second kappa shape index (κ2) is 3.51. The maximum absolute atomic E-state index is 10.4. The van der Waals surface area contributed by atoms with Gasteiger partial charge in [-0.1, -0.05) is 0 Å². The van der Waals surface area contributed by atoms with E-state index in [-0.39, 0.29) is 11.9 Å². The first-order valence-corrected chi connectivity index (χ1v) is 5.25. The lowest BCUT2D eigenvalue weighted by Gasteiger charge is -2.20. The first kappa shape index (κ1) is 8.96. The fourth-order valence-corrected chi connectivity index (χ4v) is 1.91. The molecular formula is C6H12O4S. The lowest BCUT2D eigenvalue weighted by molar-refractivity contribution is 0.0297. The maximum atomic E-state index is 10.4. The zero-order valence-corrected chi connectivity index (χ0v) is 7.01. The molecule has 11 heavy (non-hydrogen) atoms. The van der Waals surface area contributed by atoms with Crippen molar-refractivity contribution in [1.29, 1.82) is 0 Å². The Bertz CT molecular complexity index is 203. The summed E-state index contributed by atoms with van der Waals surface area (Å²) in [6.07, 6.45) is 2.42. The molecule has 1 aliphatic rings. The van der Waals surface area contributed by atoms with E-state index in [1.54, 1.807) is 0 Å². The SMILES string of the molecule is O=S(=O)(O)CC1CCCCO1. The third-order valence-electron chi connectivity index (χ3n) is 1.67. The minimum absolute atomic E-state index is 0.257. The van der Waals surface area contributed by atoms with Gasteiger partial charge in [0, 0.05) is 6.61 Å². The maximum Gasteiger partial charge on any atom is 0.267 e. The van der Waals surface area contributed by atoms with Gasteiger partial charge in [-0.15, -0.1) is 0 Å². The van der Waals surface area contributed by atoms with Crippen LogP contribution < -0.4 is 0 Å². The van der Waals surface area contributed by atoms with Crippen LogP contribution in [0.2, 0.25) is 0 Å². The van der Waals surface area contributed by atoms with Crippen molar-refractivity contribution in [2.24, 2.45) is 0 Å². The van der Waals surface area contributed by atoms with E-state index in [1.807, 2.05) is 0 Å². The Kier molecular flexibility index (Phi) is 2.86. The summed E-state index contributed by atoms with van der Waals surface area (Å²) < 4.78 is 34.3. The minimum Gasteiger partial charge on any atom is -0.377 e. The van der Waals surface area contributed by atoms with Crippen LogP contribution in [0.4, 0.5) is 0 Å². The fourth-order valence-electron chi connectivity index (χ4n) is 1.17. The molecule has 5 heteroatoms. The molecule has 0 aliphatic carbocycles. The van der Waals surface area contributed by atoms with Crippen molar-refractivity contribution in [3.63, 3.8) is 0 Å². The molecule has 1 unspecified atom stereocenters. The van der Waals surface area contributed by atoms with Gasteiger partial charge in [0.2, 0.25) is 0 Å². The molecule has 1 rings (SSSR count). The smallest absolute Gasteiger partial charge is 0.267 e. The highest BCUT2D eigenvalue weighted by Gasteiger charge is 2.19. The number of hydrogen-bond acceptors (Lipinski definition) is 3. The standard InChI is InChI=1S/C6H12O4S/c7-11(8,9)5-6-3-1-2-4-10-6/h6H,1-5H2,(H,7,8,9). The summed E-state index contributed by atoms with van der Waals surface area (Å²) in [5.41, 5.74) is 0. The van der Waals surface area contributed by atoms with Crippen LogP contribution in [-0.2, 0) is 14.9 Å². The van der Waals surface area contributed by atoms with E-state index in [2.05, 4.69) is 0 Å². The van der Waals surface area contributed by atoms with Crippen molar-refractivity contribution < 1.29 is 17.7 Å². The lowest BCUT2D eigenvalue weighted by atomic mass is 10.1. The summed E-state index contributed by atoms with van der Waals surface area (Å²) in [6.45, 7) is 0.611. The normalized spacial score (nSPS) is 26.8. The Morgan fingerprint density at radius 3 is 2.64 bits per heavy atom. The predicted molar refractivity (Wildman–Crippen MR) is 40.0 cm³/mol. The topological polar surface area (TPSA) is 63.6 Å². The molecule has 4 nitrogen and oxygen atoms in total. The van der Waals surface area contributed by atoms with Gasteiger partial charge in [-0.05, 0) is 19.3 Å². The van der Waals surface area contributed by atoms with Crippen molar-refractivity contribution in [1.82, 2.24) is 0 Å². The molecule has 1 N–H and O–H groups in total. The Morgan fingerprint density at radius 1 is 1.45 bits per heavy atom. The monoisotopic (exact) mass is 180 g/mol. The predicted octanol–water partition coefficient (Wildman–Crippen LogP) is 0.443. The van der Waals surface area contributed by atoms with E-state index in [0.717, 1.165) is 19.3 Å². The Labute approximate surface area is 66.3 Å². The molecule has 1 fully saturated rings. The van der Waals surface area contributed by atoms with E-state index in [1.165, 1.54) is 0 Å². The van der Waals surface area contributed by atoms with Gasteiger partial charge in [-0.3, -0.25) is 4.55 Å². The molecule has 0 radical (unpaired) electrons. The number of hydrogen-bond donors (Lipinski definition) is 1. The molecule has 66 valence electrons. The molecule has 0 aromatic heterocycles. The van der Waals surface area contributed by atoms with Crippen molar-refractivity contribution in [3.05, 3.63) is 0 Å². The molecule has 1 atom stereocenters. The van der Waals surface area contributed by atoms with Crippen LogP contribution >= 0.6 is 0 Å². The molecule has 1 saturated heterocycles. The van der Waals surface area contributed by atoms with Gasteiger partial charge in [0.15, 0.2) is 0 Å². The van der Waals surface area contributed by atoms with Crippen LogP contribution in [-0.4, -0.2) is 31.4 Å². The third-order valence-corrected chi connectivity index (χ3v) is 2.46. The van der Waals surface area contributed by atoms with Crippen LogP contribution in [0.5, 0.6) is 0 Å². The van der Waals surface area contributed by atoms with Gasteiger partial charge < -0.3 is 4.74 Å². The second-order valence-electron chi connectivity index (χ2n) is 2.74. The Hall–Kier alpha value is -0.130. The molecule has 1 heterocycles. The number of ether oxygens (including phenoxy) is 1. The van der Waals surface area contributed by atoms with Gasteiger partial charge in [0.05, 0.1) is 6.10 Å². The van der Waals surface area contributed by atoms with E-state index in [9.17, 15) is 8.42 Å². The highest BCUT2D eigenvalue weighted by molar-refractivity contribution is 7.85.